The molecule has 3 N–H and O–H groups in total. The van der Waals surface area contributed by atoms with Gasteiger partial charge in [-0.15, -0.1) is 0 Å². The van der Waals surface area contributed by atoms with Gasteiger partial charge in [0.1, 0.15) is 12.1 Å². The highest BCUT2D eigenvalue weighted by molar-refractivity contribution is 5.62. The first-order valence-electron chi connectivity index (χ1n) is 5.13. The Kier molecular flexibility index (Phi) is 3.22. The number of nitrogens with one attached hydrogen (secondary N) is 1. The summed E-state index contributed by atoms with van der Waals surface area (Å²) >= 11 is 0. The first kappa shape index (κ1) is 12.3. The molecule has 19 heavy (non-hydrogen) atoms. The molecule has 1 heterocycles. The molecule has 92 valence electrons. The molecule has 6 nitrogen and oxygen atoms in total. The van der Waals surface area contributed by atoms with Crippen molar-refractivity contribution in [3.05, 3.63) is 41.3 Å². The minimum atomic E-state index is -0.669. The van der Waals surface area contributed by atoms with Crippen LogP contribution in [0.5, 0.6) is 0 Å². The highest BCUT2D eigenvalue weighted by Gasteiger charge is 2.08. The van der Waals surface area contributed by atoms with E-state index < -0.39 is 5.82 Å². The minimum Gasteiger partial charge on any atom is -0.368 e. The van der Waals surface area contributed by atoms with Gasteiger partial charge in [0, 0.05) is 5.69 Å². The first-order chi connectivity index (χ1) is 9.13. The Morgan fingerprint density at radius 1 is 1.21 bits per heavy atom. The van der Waals surface area contributed by atoms with Crippen molar-refractivity contribution in [2.24, 2.45) is 0 Å². The van der Waals surface area contributed by atoms with E-state index in [1.165, 1.54) is 18.2 Å². The Labute approximate surface area is 107 Å². The largest absolute Gasteiger partial charge is 0.368 e. The van der Waals surface area contributed by atoms with Gasteiger partial charge in [-0.2, -0.15) is 15.5 Å². The van der Waals surface area contributed by atoms with Gasteiger partial charge in [-0.1, -0.05) is 0 Å². The zero-order chi connectivity index (χ0) is 13.8. The van der Waals surface area contributed by atoms with Crippen molar-refractivity contribution in [2.45, 2.75) is 0 Å². The van der Waals surface area contributed by atoms with Crippen LogP contribution >= 0.6 is 0 Å². The smallest absolute Gasteiger partial charge is 0.222 e. The summed E-state index contributed by atoms with van der Waals surface area (Å²) in [5.74, 6) is -0.837. The van der Waals surface area contributed by atoms with Crippen molar-refractivity contribution in [1.82, 2.24) is 9.97 Å². The van der Waals surface area contributed by atoms with E-state index in [-0.39, 0.29) is 22.9 Å². The van der Waals surface area contributed by atoms with Crippen LogP contribution in [0.1, 0.15) is 11.1 Å². The molecule has 2 aromatic rings. The average molecular weight is 254 g/mol. The zero-order valence-electron chi connectivity index (χ0n) is 9.55. The Morgan fingerprint density at radius 3 is 2.63 bits per heavy atom. The molecule has 0 fully saturated rings. The molecule has 0 atom stereocenters. The summed E-state index contributed by atoms with van der Waals surface area (Å²) in [5.41, 5.74) is 6.22. The Hall–Kier alpha value is -3.19. The van der Waals surface area contributed by atoms with Crippen molar-refractivity contribution in [3.63, 3.8) is 0 Å². The lowest BCUT2D eigenvalue weighted by molar-refractivity contribution is 0.620. The Bertz CT molecular complexity index is 713. The number of nitrogens with two attached hydrogens (primary N) is 1. The van der Waals surface area contributed by atoms with Gasteiger partial charge in [0.15, 0.2) is 11.6 Å². The van der Waals surface area contributed by atoms with Gasteiger partial charge in [-0.05, 0) is 18.2 Å². The highest BCUT2D eigenvalue weighted by Crippen LogP contribution is 2.20. The number of nitriles is 2. The molecule has 0 spiro atoms. The molecule has 1 aromatic heterocycles. The van der Waals surface area contributed by atoms with Crippen molar-refractivity contribution in [3.8, 4) is 12.1 Å². The molecular weight excluding hydrogens is 247 g/mol. The third-order valence-corrected chi connectivity index (χ3v) is 2.29. The molecule has 0 bridgehead atoms. The lowest BCUT2D eigenvalue weighted by Gasteiger charge is -2.07. The molecule has 0 aliphatic carbocycles. The van der Waals surface area contributed by atoms with Crippen LogP contribution in [0.4, 0.5) is 21.8 Å². The van der Waals surface area contributed by atoms with Gasteiger partial charge in [-0.25, -0.2) is 9.37 Å². The number of nitrogens with zero attached hydrogens (tertiary/aromatic N) is 4. The SMILES string of the molecule is N#Cc1ccc(Nc2nc(N)ncc2F)cc1C#N. The molecule has 0 amide bonds. The number of hydrogen-bond acceptors (Lipinski definition) is 6. The fourth-order valence-corrected chi connectivity index (χ4v) is 1.42. The van der Waals surface area contributed by atoms with Gasteiger partial charge < -0.3 is 11.1 Å². The van der Waals surface area contributed by atoms with E-state index >= 15 is 0 Å². The molecule has 0 unspecified atom stereocenters. The first-order valence-corrected chi connectivity index (χ1v) is 5.13. The van der Waals surface area contributed by atoms with Crippen molar-refractivity contribution in [2.75, 3.05) is 11.1 Å². The van der Waals surface area contributed by atoms with E-state index in [4.69, 9.17) is 16.3 Å². The van der Waals surface area contributed by atoms with Crippen LogP contribution in [0, 0.1) is 28.5 Å². The summed E-state index contributed by atoms with van der Waals surface area (Å²) in [7, 11) is 0. The quantitative estimate of drug-likeness (QED) is 0.843. The Morgan fingerprint density at radius 2 is 1.95 bits per heavy atom. The van der Waals surface area contributed by atoms with E-state index in [1.807, 2.05) is 12.1 Å². The Balaban J connectivity index is 2.37. The van der Waals surface area contributed by atoms with Crippen LogP contribution in [0.15, 0.2) is 24.4 Å². The summed E-state index contributed by atoms with van der Waals surface area (Å²) in [5, 5.41) is 20.4. The minimum absolute atomic E-state index is 0.0712. The lowest BCUT2D eigenvalue weighted by Crippen LogP contribution is -2.02. The summed E-state index contributed by atoms with van der Waals surface area (Å²) < 4.78 is 13.4. The molecule has 0 saturated carbocycles. The van der Waals surface area contributed by atoms with Crippen LogP contribution in [0.3, 0.4) is 0 Å². The van der Waals surface area contributed by atoms with E-state index in [2.05, 4.69) is 15.3 Å². The summed E-state index contributed by atoms with van der Waals surface area (Å²) in [6.45, 7) is 0. The number of halogens is 1. The molecule has 0 saturated heterocycles. The second kappa shape index (κ2) is 4.98. The number of rotatable bonds is 2. The molecule has 0 radical (unpaired) electrons. The number of aromatic nitrogens is 2. The predicted molar refractivity (Wildman–Crippen MR) is 65.6 cm³/mol. The van der Waals surface area contributed by atoms with Gasteiger partial charge in [0.05, 0.1) is 17.3 Å². The maximum Gasteiger partial charge on any atom is 0.222 e. The summed E-state index contributed by atoms with van der Waals surface area (Å²) in [6.07, 6.45) is 0.944. The number of hydrogen-bond donors (Lipinski definition) is 2. The van der Waals surface area contributed by atoms with E-state index in [0.717, 1.165) is 6.20 Å². The van der Waals surface area contributed by atoms with E-state index in [9.17, 15) is 4.39 Å². The summed E-state index contributed by atoms with van der Waals surface area (Å²) in [4.78, 5) is 7.20. The third kappa shape index (κ3) is 2.56. The molecule has 1 aromatic carbocycles. The van der Waals surface area contributed by atoms with Crippen LogP contribution in [0.25, 0.3) is 0 Å². The molecule has 7 heteroatoms. The topological polar surface area (TPSA) is 111 Å². The van der Waals surface area contributed by atoms with Crippen LogP contribution in [-0.4, -0.2) is 9.97 Å². The standard InChI is InChI=1S/C12H7FN6/c13-10-6-17-12(16)19-11(10)18-9-2-1-7(4-14)8(3-9)5-15/h1-3,6H,(H3,16,17,18,19). The third-order valence-electron chi connectivity index (χ3n) is 2.29. The van der Waals surface area contributed by atoms with Crippen molar-refractivity contribution in [1.29, 1.82) is 10.5 Å². The maximum atomic E-state index is 13.4. The molecule has 0 aliphatic rings. The van der Waals surface area contributed by atoms with Gasteiger partial charge in [-0.3, -0.25) is 0 Å². The van der Waals surface area contributed by atoms with Crippen molar-refractivity contribution >= 4 is 17.5 Å². The second-order valence-electron chi connectivity index (χ2n) is 3.53. The van der Waals surface area contributed by atoms with E-state index in [0.29, 0.717) is 5.69 Å². The van der Waals surface area contributed by atoms with Crippen LogP contribution in [-0.2, 0) is 0 Å². The van der Waals surface area contributed by atoms with Crippen LogP contribution < -0.4 is 11.1 Å². The maximum absolute atomic E-state index is 13.4. The second-order valence-corrected chi connectivity index (χ2v) is 3.53. The molecule has 2 rings (SSSR count). The molecular formula is C12H7FN6. The van der Waals surface area contributed by atoms with Gasteiger partial charge in [0.25, 0.3) is 0 Å². The monoisotopic (exact) mass is 254 g/mol. The normalized spacial score (nSPS) is 9.42. The highest BCUT2D eigenvalue weighted by atomic mass is 19.1. The fourth-order valence-electron chi connectivity index (χ4n) is 1.42. The predicted octanol–water partition coefficient (Wildman–Crippen LogP) is 1.68. The van der Waals surface area contributed by atoms with Crippen LogP contribution in [0.2, 0.25) is 0 Å². The van der Waals surface area contributed by atoms with Crippen molar-refractivity contribution < 1.29 is 4.39 Å². The lowest BCUT2D eigenvalue weighted by atomic mass is 10.1. The fraction of sp³-hybridized carbons (Fsp3) is 0. The van der Waals surface area contributed by atoms with Gasteiger partial charge >= 0.3 is 0 Å². The van der Waals surface area contributed by atoms with Gasteiger partial charge in [0.2, 0.25) is 5.95 Å². The number of anilines is 3. The summed E-state index contributed by atoms with van der Waals surface area (Å²) in [6, 6.07) is 8.20. The average Bonchev–Trinajstić information content (AvgIpc) is 2.42. The van der Waals surface area contributed by atoms with E-state index in [1.54, 1.807) is 0 Å². The number of benzene rings is 1. The number of nitrogen functional groups attached to an aromatic ring is 1. The molecule has 0 aliphatic heterocycles. The zero-order valence-corrected chi connectivity index (χ0v) is 9.55.